The number of rotatable bonds is 0. The van der Waals surface area contributed by atoms with E-state index in [1.807, 2.05) is 0 Å². The molecule has 0 amide bonds. The van der Waals surface area contributed by atoms with Crippen molar-refractivity contribution in [3.05, 3.63) is 0 Å². The maximum Gasteiger partial charge on any atom is -0.147 e. The second-order valence-corrected chi connectivity index (χ2v) is 0. The normalized spacial score (nSPS) is 0. The van der Waals surface area contributed by atoms with E-state index in [2.05, 4.69) is 0 Å². The molecule has 0 aliphatic rings. The van der Waals surface area contributed by atoms with Crippen LogP contribution < -0.4 is 0 Å². The molecule has 0 nitrogen and oxygen atoms in total. The molecule has 0 aromatic rings. The molecule has 6 heteroatoms. The Morgan fingerprint density at radius 1 is 0.500 bits per heavy atom. The second kappa shape index (κ2) is 122. The summed E-state index contributed by atoms with van der Waals surface area (Å²) in [5.74, 6) is 0. The van der Waals surface area contributed by atoms with Gasteiger partial charge in [-0.05, 0) is 0 Å². The summed E-state index contributed by atoms with van der Waals surface area (Å²) in [5, 5.41) is 0. The minimum atomic E-state index is 0. The van der Waals surface area contributed by atoms with Crippen molar-refractivity contribution in [1.29, 1.82) is 0 Å². The lowest BCUT2D eigenvalue weighted by molar-refractivity contribution is 1.11. The maximum atomic E-state index is 0. The molecule has 48 valence electrons. The van der Waals surface area contributed by atoms with Gasteiger partial charge in [-0.2, -0.15) is 9.90 Å². The molecule has 0 aromatic heterocycles. The van der Waals surface area contributed by atoms with E-state index in [0.29, 0.717) is 0 Å². The molecular weight excluding hydrogens is 175 g/mol. The molecule has 1 unspecified atom stereocenters. The summed E-state index contributed by atoms with van der Waals surface area (Å²) in [5.41, 5.74) is 0. The maximum absolute atomic E-state index is 0. The van der Waals surface area contributed by atoms with Gasteiger partial charge in [-0.3, -0.25) is 9.41 Å². The van der Waals surface area contributed by atoms with Crippen LogP contribution in [-0.2, 0) is 0 Å². The lowest BCUT2D eigenvalue weighted by atomic mass is 19.0. The van der Waals surface area contributed by atoms with Crippen molar-refractivity contribution in [3.63, 3.8) is 0 Å². The lowest BCUT2D eigenvalue weighted by Crippen LogP contribution is 0.419. The largest absolute Gasteiger partial charge is 0.269 e. The SMILES string of the molecule is Cl.Cl.Cl.F.F.P. The minimum absolute atomic E-state index is 0. The van der Waals surface area contributed by atoms with Gasteiger partial charge >= 0.3 is 0 Å². The molecule has 0 rings (SSSR count). The van der Waals surface area contributed by atoms with Gasteiger partial charge in [0.1, 0.15) is 0 Å². The van der Waals surface area contributed by atoms with E-state index in [0.717, 1.165) is 0 Å². The molecular formula is H8Cl3F2P. The van der Waals surface area contributed by atoms with Crippen LogP contribution in [0.3, 0.4) is 0 Å². The van der Waals surface area contributed by atoms with E-state index in [1.165, 1.54) is 0 Å². The van der Waals surface area contributed by atoms with Crippen molar-refractivity contribution in [1.82, 2.24) is 0 Å². The topological polar surface area (TPSA) is 0 Å². The predicted octanol–water partition coefficient (Wildman–Crippen LogP) is 1.63. The monoisotopic (exact) mass is 182 g/mol. The van der Waals surface area contributed by atoms with Crippen molar-refractivity contribution in [2.45, 2.75) is 0 Å². The van der Waals surface area contributed by atoms with Crippen LogP contribution in [-0.4, -0.2) is 0 Å². The molecule has 0 saturated carbocycles. The quantitative estimate of drug-likeness (QED) is 0.501. The van der Waals surface area contributed by atoms with Crippen LogP contribution in [0.4, 0.5) is 9.41 Å². The molecule has 0 aliphatic heterocycles. The van der Waals surface area contributed by atoms with Crippen LogP contribution in [0, 0.1) is 0 Å². The Hall–Kier alpha value is 1.16. The molecule has 0 spiro atoms. The van der Waals surface area contributed by atoms with Crippen molar-refractivity contribution in [3.8, 4) is 0 Å². The first-order valence-corrected chi connectivity index (χ1v) is 0. The molecule has 0 radical (unpaired) electrons. The molecule has 0 bridgehead atoms. The first-order valence-electron chi connectivity index (χ1n) is 0. The Morgan fingerprint density at radius 3 is 0.500 bits per heavy atom. The van der Waals surface area contributed by atoms with Crippen molar-refractivity contribution in [2.75, 3.05) is 0 Å². The highest BCUT2D eigenvalue weighted by molar-refractivity contribution is 6.92. The Bertz CT molecular complexity index is 8.75. The van der Waals surface area contributed by atoms with Crippen LogP contribution in [0.15, 0.2) is 0 Å². The molecule has 0 fully saturated rings. The van der Waals surface area contributed by atoms with Crippen molar-refractivity contribution in [2.24, 2.45) is 0 Å². The van der Waals surface area contributed by atoms with Crippen LogP contribution in [0.2, 0.25) is 0 Å². The third-order valence-electron chi connectivity index (χ3n) is 0. The van der Waals surface area contributed by atoms with Gasteiger partial charge in [0.2, 0.25) is 0 Å². The third kappa shape index (κ3) is 66.4. The first-order chi connectivity index (χ1) is 0. The fraction of sp³-hybridized carbons (Fsp3) is 0. The van der Waals surface area contributed by atoms with Gasteiger partial charge in [-0.1, -0.05) is 0 Å². The first kappa shape index (κ1) is 202. The van der Waals surface area contributed by atoms with E-state index in [9.17, 15) is 0 Å². The highest BCUT2D eigenvalue weighted by atomic mass is 35.5. The number of halogens is 5. The van der Waals surface area contributed by atoms with Crippen LogP contribution in [0.1, 0.15) is 0 Å². The molecule has 6 heavy (non-hydrogen) atoms. The third-order valence-corrected chi connectivity index (χ3v) is 0. The summed E-state index contributed by atoms with van der Waals surface area (Å²) in [7, 11) is 0. The predicted molar refractivity (Wildman–Crippen MR) is 37.9 cm³/mol. The average molecular weight is 183 g/mol. The molecule has 1 atom stereocenters. The smallest absolute Gasteiger partial charge is 0.147 e. The summed E-state index contributed by atoms with van der Waals surface area (Å²) in [6.45, 7) is 0. The lowest BCUT2D eigenvalue weighted by Gasteiger charge is -0.270. The standard InChI is InChI=1S/3ClH.2FH.H3P/h5*1H;1H3. The van der Waals surface area contributed by atoms with Gasteiger partial charge in [-0.25, -0.2) is 0 Å². The summed E-state index contributed by atoms with van der Waals surface area (Å²) >= 11 is 0. The van der Waals surface area contributed by atoms with Crippen molar-refractivity contribution < 1.29 is 9.41 Å². The van der Waals surface area contributed by atoms with Gasteiger partial charge in [0.05, 0.1) is 0 Å². The summed E-state index contributed by atoms with van der Waals surface area (Å²) < 4.78 is 0. The van der Waals surface area contributed by atoms with Gasteiger partial charge in [0, 0.05) is 0 Å². The summed E-state index contributed by atoms with van der Waals surface area (Å²) in [4.78, 5) is 0. The van der Waals surface area contributed by atoms with Gasteiger partial charge < -0.3 is 0 Å². The van der Waals surface area contributed by atoms with E-state index in [1.54, 1.807) is 0 Å². The zero-order valence-electron chi connectivity index (χ0n) is 2.75. The highest BCUT2D eigenvalue weighted by Crippen LogP contribution is 0.861. The second-order valence-electron chi connectivity index (χ2n) is 0. The van der Waals surface area contributed by atoms with Gasteiger partial charge in [0.15, 0.2) is 0 Å². The average Bonchev–Trinajstić information content (AvgIpc) is 0. The van der Waals surface area contributed by atoms with Crippen LogP contribution in [0.5, 0.6) is 0 Å². The molecule has 0 saturated heterocycles. The number of hydrogen-bond donors (Lipinski definition) is 0. The molecule has 0 aliphatic carbocycles. The summed E-state index contributed by atoms with van der Waals surface area (Å²) in [6.07, 6.45) is 0. The van der Waals surface area contributed by atoms with Crippen LogP contribution in [0.25, 0.3) is 0 Å². The minimum Gasteiger partial charge on any atom is -0.269 e. The summed E-state index contributed by atoms with van der Waals surface area (Å²) in [6, 6.07) is 0. The van der Waals surface area contributed by atoms with E-state index >= 15 is 0 Å². The fourth-order valence-electron chi connectivity index (χ4n) is 0. The molecule has 0 heterocycles. The van der Waals surface area contributed by atoms with Crippen molar-refractivity contribution >= 4 is 47.1 Å². The van der Waals surface area contributed by atoms with Gasteiger partial charge in [-0.15, -0.1) is 37.2 Å². The Kier molecular flexibility index (Phi) is 4100. The van der Waals surface area contributed by atoms with E-state index in [-0.39, 0.29) is 56.5 Å². The van der Waals surface area contributed by atoms with Gasteiger partial charge in [0.25, 0.3) is 0 Å². The van der Waals surface area contributed by atoms with E-state index in [4.69, 9.17) is 0 Å². The Labute approximate surface area is 57.0 Å². The Balaban J connectivity index is 0. The van der Waals surface area contributed by atoms with E-state index < -0.39 is 0 Å². The Morgan fingerprint density at radius 2 is 0.500 bits per heavy atom. The highest BCUT2D eigenvalue weighted by Gasteiger charge is -0.144. The molecule has 0 aromatic carbocycles. The molecule has 0 N–H and O–H groups in total. The zero-order chi connectivity index (χ0) is 0. The number of hydrogen-bond acceptors (Lipinski definition) is 0. The zero-order valence-corrected chi connectivity index (χ0v) is 6.61. The van der Waals surface area contributed by atoms with Crippen LogP contribution >= 0.6 is 47.1 Å². The fourth-order valence-corrected chi connectivity index (χ4v) is 0.